The van der Waals surface area contributed by atoms with Gasteiger partial charge in [-0.15, -0.1) is 0 Å². The molecule has 0 atom stereocenters. The number of aromatic nitrogens is 3. The molecule has 0 bridgehead atoms. The molecule has 0 aliphatic heterocycles. The quantitative estimate of drug-likeness (QED) is 0.850. The number of nitrogen functional groups attached to an aromatic ring is 1. The Morgan fingerprint density at radius 1 is 1.33 bits per heavy atom. The van der Waals surface area contributed by atoms with E-state index in [0.717, 1.165) is 5.56 Å². The van der Waals surface area contributed by atoms with Crippen LogP contribution in [-0.4, -0.2) is 23.2 Å². The maximum absolute atomic E-state index is 12.5. The van der Waals surface area contributed by atoms with E-state index in [0.29, 0.717) is 18.3 Å². The minimum absolute atomic E-state index is 0.146. The number of hydrogen-bond donors (Lipinski definition) is 1. The first-order chi connectivity index (χ1) is 9.79. The maximum atomic E-state index is 12.5. The summed E-state index contributed by atoms with van der Waals surface area (Å²) >= 11 is 0. The van der Waals surface area contributed by atoms with Crippen molar-refractivity contribution in [1.82, 2.24) is 14.8 Å². The van der Waals surface area contributed by atoms with Gasteiger partial charge < -0.3 is 5.73 Å². The van der Waals surface area contributed by atoms with Gasteiger partial charge in [0.05, 0.1) is 10.6 Å². The zero-order valence-electron chi connectivity index (χ0n) is 12.4. The first-order valence-corrected chi connectivity index (χ1v) is 8.40. The van der Waals surface area contributed by atoms with Crippen molar-refractivity contribution < 1.29 is 8.42 Å². The summed E-state index contributed by atoms with van der Waals surface area (Å²) in [5, 5.41) is 4.08. The Hall–Kier alpha value is -1.89. The Labute approximate surface area is 124 Å². The molecule has 1 aromatic carbocycles. The largest absolute Gasteiger partial charge is 0.398 e. The average Bonchev–Trinajstić information content (AvgIpc) is 2.74. The molecule has 0 amide bonds. The van der Waals surface area contributed by atoms with E-state index >= 15 is 0 Å². The fourth-order valence-electron chi connectivity index (χ4n) is 2.10. The molecule has 0 unspecified atom stereocenters. The normalized spacial score (nSPS) is 12.0. The molecular weight excluding hydrogens is 288 g/mol. The van der Waals surface area contributed by atoms with Crippen molar-refractivity contribution in [1.29, 1.82) is 0 Å². The molecule has 0 fully saturated rings. The van der Waals surface area contributed by atoms with E-state index in [4.69, 9.17) is 5.73 Å². The lowest BCUT2D eigenvalue weighted by molar-refractivity contribution is 0.470. The van der Waals surface area contributed by atoms with Crippen LogP contribution in [0.4, 0.5) is 5.69 Å². The minimum Gasteiger partial charge on any atom is -0.398 e. The summed E-state index contributed by atoms with van der Waals surface area (Å²) in [5.41, 5.74) is 7.03. The number of benzene rings is 1. The third kappa shape index (κ3) is 3.60. The molecule has 2 N–H and O–H groups in total. The average molecular weight is 308 g/mol. The molecule has 0 radical (unpaired) electrons. The molecule has 114 valence electrons. The fourth-order valence-corrected chi connectivity index (χ4v) is 3.51. The molecule has 0 saturated carbocycles. The van der Waals surface area contributed by atoms with Gasteiger partial charge in [-0.05, 0) is 30.5 Å². The number of nitrogens with two attached hydrogens (primary N) is 1. The lowest BCUT2D eigenvalue weighted by Gasteiger charge is -2.10. The number of aryl methyl sites for hydroxylation is 1. The SMILES string of the molecule is Cc1ccc(S(=O)(=O)Cc2ncnn2CC(C)C)c(N)c1. The van der Waals surface area contributed by atoms with Gasteiger partial charge in [0, 0.05) is 6.54 Å². The Bertz CT molecular complexity index is 735. The molecule has 21 heavy (non-hydrogen) atoms. The van der Waals surface area contributed by atoms with Gasteiger partial charge in [-0.1, -0.05) is 19.9 Å². The molecule has 1 heterocycles. The van der Waals surface area contributed by atoms with Crippen molar-refractivity contribution >= 4 is 15.5 Å². The lowest BCUT2D eigenvalue weighted by Crippen LogP contribution is -2.15. The molecule has 2 aromatic rings. The standard InChI is InChI=1S/C14H20N4O2S/c1-10(2)7-18-14(16-9-17-18)8-21(19,20)13-5-4-11(3)6-12(13)15/h4-6,9-10H,7-8,15H2,1-3H3. The zero-order valence-corrected chi connectivity index (χ0v) is 13.3. The summed E-state index contributed by atoms with van der Waals surface area (Å²) in [5.74, 6) is 0.591. The van der Waals surface area contributed by atoms with Crippen LogP contribution in [0.15, 0.2) is 29.4 Å². The van der Waals surface area contributed by atoms with Gasteiger partial charge in [0.15, 0.2) is 9.84 Å². The van der Waals surface area contributed by atoms with Gasteiger partial charge in [-0.25, -0.2) is 18.1 Å². The third-order valence-electron chi connectivity index (χ3n) is 3.05. The maximum Gasteiger partial charge on any atom is 0.187 e. The van der Waals surface area contributed by atoms with Crippen LogP contribution >= 0.6 is 0 Å². The van der Waals surface area contributed by atoms with Gasteiger partial charge in [0.25, 0.3) is 0 Å². The van der Waals surface area contributed by atoms with Crippen molar-refractivity contribution in [3.8, 4) is 0 Å². The zero-order chi connectivity index (χ0) is 15.6. The topological polar surface area (TPSA) is 90.9 Å². The van der Waals surface area contributed by atoms with Gasteiger partial charge in [0.1, 0.15) is 17.9 Å². The number of hydrogen-bond acceptors (Lipinski definition) is 5. The Morgan fingerprint density at radius 2 is 2.05 bits per heavy atom. The highest BCUT2D eigenvalue weighted by Gasteiger charge is 2.21. The van der Waals surface area contributed by atoms with Crippen LogP contribution < -0.4 is 5.73 Å². The van der Waals surface area contributed by atoms with Gasteiger partial charge in [-0.2, -0.15) is 5.10 Å². The van der Waals surface area contributed by atoms with E-state index in [1.165, 1.54) is 6.33 Å². The van der Waals surface area contributed by atoms with E-state index in [-0.39, 0.29) is 16.3 Å². The van der Waals surface area contributed by atoms with E-state index in [9.17, 15) is 8.42 Å². The second-order valence-corrected chi connectivity index (χ2v) is 7.51. The molecule has 0 saturated heterocycles. The van der Waals surface area contributed by atoms with Gasteiger partial charge in [0.2, 0.25) is 0 Å². The van der Waals surface area contributed by atoms with Crippen LogP contribution in [0.2, 0.25) is 0 Å². The van der Waals surface area contributed by atoms with Gasteiger partial charge >= 0.3 is 0 Å². The molecule has 7 heteroatoms. The van der Waals surface area contributed by atoms with Crippen LogP contribution in [0.3, 0.4) is 0 Å². The van der Waals surface area contributed by atoms with Crippen LogP contribution in [0.25, 0.3) is 0 Å². The lowest BCUT2D eigenvalue weighted by atomic mass is 10.2. The van der Waals surface area contributed by atoms with Crippen LogP contribution in [0.1, 0.15) is 25.2 Å². The molecule has 1 aromatic heterocycles. The van der Waals surface area contributed by atoms with Gasteiger partial charge in [-0.3, -0.25) is 0 Å². The number of sulfone groups is 1. The Balaban J connectivity index is 2.32. The predicted octanol–water partition coefficient (Wildman–Crippen LogP) is 1.80. The first kappa shape index (κ1) is 15.5. The smallest absolute Gasteiger partial charge is 0.187 e. The van der Waals surface area contributed by atoms with Crippen molar-refractivity contribution in [2.75, 3.05) is 5.73 Å². The van der Waals surface area contributed by atoms with E-state index in [1.807, 2.05) is 20.8 Å². The summed E-state index contributed by atoms with van der Waals surface area (Å²) in [6, 6.07) is 4.94. The summed E-state index contributed by atoms with van der Waals surface area (Å²) in [6.07, 6.45) is 1.38. The Morgan fingerprint density at radius 3 is 2.67 bits per heavy atom. The van der Waals surface area contributed by atoms with Crippen LogP contribution in [0, 0.1) is 12.8 Å². The number of anilines is 1. The number of nitrogens with zero attached hydrogens (tertiary/aromatic N) is 3. The monoisotopic (exact) mass is 308 g/mol. The molecule has 2 rings (SSSR count). The minimum atomic E-state index is -3.54. The van der Waals surface area contributed by atoms with Crippen molar-refractivity contribution in [2.45, 2.75) is 38.0 Å². The van der Waals surface area contributed by atoms with Crippen LogP contribution in [0.5, 0.6) is 0 Å². The van der Waals surface area contributed by atoms with Crippen molar-refractivity contribution in [3.63, 3.8) is 0 Å². The predicted molar refractivity (Wildman–Crippen MR) is 81.3 cm³/mol. The number of rotatable bonds is 5. The van der Waals surface area contributed by atoms with E-state index in [1.54, 1.807) is 22.9 Å². The van der Waals surface area contributed by atoms with E-state index < -0.39 is 9.84 Å². The summed E-state index contributed by atoms with van der Waals surface area (Å²) < 4.78 is 26.6. The van der Waals surface area contributed by atoms with Crippen molar-refractivity contribution in [2.24, 2.45) is 5.92 Å². The highest BCUT2D eigenvalue weighted by Crippen LogP contribution is 2.23. The summed E-state index contributed by atoms with van der Waals surface area (Å²) in [6.45, 7) is 6.58. The molecule has 0 aliphatic rings. The molecule has 0 aliphatic carbocycles. The van der Waals surface area contributed by atoms with Crippen molar-refractivity contribution in [3.05, 3.63) is 35.9 Å². The second-order valence-electron chi connectivity index (χ2n) is 5.55. The summed E-state index contributed by atoms with van der Waals surface area (Å²) in [4.78, 5) is 4.20. The molecule has 0 spiro atoms. The Kier molecular flexibility index (Phi) is 4.32. The van der Waals surface area contributed by atoms with E-state index in [2.05, 4.69) is 10.1 Å². The second kappa shape index (κ2) is 5.85. The fraction of sp³-hybridized carbons (Fsp3) is 0.429. The summed E-state index contributed by atoms with van der Waals surface area (Å²) in [7, 11) is -3.54. The van der Waals surface area contributed by atoms with Crippen LogP contribution in [-0.2, 0) is 22.1 Å². The first-order valence-electron chi connectivity index (χ1n) is 6.75. The highest BCUT2D eigenvalue weighted by molar-refractivity contribution is 7.90. The molecule has 6 nitrogen and oxygen atoms in total. The third-order valence-corrected chi connectivity index (χ3v) is 4.73. The highest BCUT2D eigenvalue weighted by atomic mass is 32.2. The molecular formula is C14H20N4O2S.